The van der Waals surface area contributed by atoms with Crippen molar-refractivity contribution in [3.8, 4) is 0 Å². The lowest BCUT2D eigenvalue weighted by atomic mass is 9.96. The van der Waals surface area contributed by atoms with E-state index in [2.05, 4.69) is 4.90 Å². The molecule has 17 heavy (non-hydrogen) atoms. The smallest absolute Gasteiger partial charge is 0.0916 e. The van der Waals surface area contributed by atoms with Crippen molar-refractivity contribution in [3.05, 3.63) is 35.9 Å². The van der Waals surface area contributed by atoms with Crippen LogP contribution >= 0.6 is 0 Å². The van der Waals surface area contributed by atoms with Gasteiger partial charge in [-0.25, -0.2) is 0 Å². The number of hydrogen-bond acceptors (Lipinski definition) is 3. The molecule has 0 aromatic heterocycles. The molecule has 0 saturated carbocycles. The number of piperidine rings is 1. The fraction of sp³-hybridized carbons (Fsp3) is 0.571. The van der Waals surface area contributed by atoms with Crippen molar-refractivity contribution in [2.45, 2.75) is 18.9 Å². The Labute approximate surface area is 103 Å². The monoisotopic (exact) mass is 234 g/mol. The van der Waals surface area contributed by atoms with Crippen LogP contribution in [0, 0.1) is 5.92 Å². The highest BCUT2D eigenvalue weighted by atomic mass is 16.3. The number of likely N-dealkylation sites (tertiary alicyclic amines) is 1. The number of hydrogen-bond donors (Lipinski definition) is 2. The third-order valence-corrected chi connectivity index (χ3v) is 3.66. The fourth-order valence-electron chi connectivity index (χ4n) is 2.43. The normalized spacial score (nSPS) is 20.4. The number of benzene rings is 1. The third-order valence-electron chi connectivity index (χ3n) is 3.66. The maximum Gasteiger partial charge on any atom is 0.0916 e. The Hall–Kier alpha value is -0.900. The SMILES string of the molecule is NCC1CCN(CC(O)c2ccccc2)CC1. The van der Waals surface area contributed by atoms with Crippen LogP contribution in [0.5, 0.6) is 0 Å². The number of rotatable bonds is 4. The zero-order valence-corrected chi connectivity index (χ0v) is 10.3. The van der Waals surface area contributed by atoms with Gasteiger partial charge in [0.05, 0.1) is 6.10 Å². The Bertz CT molecular complexity index is 320. The molecule has 3 heteroatoms. The Kier molecular flexibility index (Phi) is 4.54. The summed E-state index contributed by atoms with van der Waals surface area (Å²) in [5.41, 5.74) is 6.68. The van der Waals surface area contributed by atoms with Crippen molar-refractivity contribution in [2.75, 3.05) is 26.2 Å². The average Bonchev–Trinajstić information content (AvgIpc) is 2.40. The Morgan fingerprint density at radius 1 is 1.24 bits per heavy atom. The molecule has 1 saturated heterocycles. The minimum Gasteiger partial charge on any atom is -0.387 e. The van der Waals surface area contributed by atoms with Crippen LogP contribution < -0.4 is 5.73 Å². The summed E-state index contributed by atoms with van der Waals surface area (Å²) in [5, 5.41) is 10.1. The van der Waals surface area contributed by atoms with Crippen molar-refractivity contribution in [2.24, 2.45) is 11.7 Å². The molecule has 1 aromatic carbocycles. The van der Waals surface area contributed by atoms with Gasteiger partial charge in [-0.15, -0.1) is 0 Å². The van der Waals surface area contributed by atoms with E-state index in [1.165, 1.54) is 0 Å². The lowest BCUT2D eigenvalue weighted by Crippen LogP contribution is -2.38. The molecular weight excluding hydrogens is 212 g/mol. The van der Waals surface area contributed by atoms with E-state index in [9.17, 15) is 5.11 Å². The predicted molar refractivity (Wildman–Crippen MR) is 69.6 cm³/mol. The van der Waals surface area contributed by atoms with Crippen LogP contribution in [0.15, 0.2) is 30.3 Å². The summed E-state index contributed by atoms with van der Waals surface area (Å²) in [6, 6.07) is 9.88. The minimum atomic E-state index is -0.370. The largest absolute Gasteiger partial charge is 0.387 e. The van der Waals surface area contributed by atoms with Gasteiger partial charge in [-0.05, 0) is 44.0 Å². The minimum absolute atomic E-state index is 0.370. The summed E-state index contributed by atoms with van der Waals surface area (Å²) >= 11 is 0. The first-order chi connectivity index (χ1) is 8.29. The summed E-state index contributed by atoms with van der Waals surface area (Å²) in [6.45, 7) is 3.66. The number of aliphatic hydroxyl groups is 1. The number of β-amino-alcohol motifs (C(OH)–C–C–N with tert-alkyl or cyclic N) is 1. The summed E-state index contributed by atoms with van der Waals surface area (Å²) < 4.78 is 0. The van der Waals surface area contributed by atoms with Gasteiger partial charge in [-0.1, -0.05) is 30.3 Å². The maximum atomic E-state index is 10.1. The first-order valence-corrected chi connectivity index (χ1v) is 6.45. The molecule has 1 aliphatic heterocycles. The Morgan fingerprint density at radius 3 is 2.47 bits per heavy atom. The lowest BCUT2D eigenvalue weighted by molar-refractivity contribution is 0.0904. The molecule has 1 heterocycles. The van der Waals surface area contributed by atoms with Crippen LogP contribution in [0.1, 0.15) is 24.5 Å². The molecule has 94 valence electrons. The number of nitrogens with zero attached hydrogens (tertiary/aromatic N) is 1. The summed E-state index contributed by atoms with van der Waals surface area (Å²) in [4.78, 5) is 2.34. The van der Waals surface area contributed by atoms with E-state index >= 15 is 0 Å². The summed E-state index contributed by atoms with van der Waals surface area (Å²) in [5.74, 6) is 0.681. The van der Waals surface area contributed by atoms with E-state index in [-0.39, 0.29) is 6.10 Å². The molecule has 1 fully saturated rings. The Balaban J connectivity index is 1.82. The predicted octanol–water partition coefficient (Wildman–Crippen LogP) is 1.39. The van der Waals surface area contributed by atoms with Gasteiger partial charge in [0.15, 0.2) is 0 Å². The molecule has 0 amide bonds. The molecule has 3 N–H and O–H groups in total. The van der Waals surface area contributed by atoms with Gasteiger partial charge in [-0.3, -0.25) is 0 Å². The molecule has 0 aliphatic carbocycles. The van der Waals surface area contributed by atoms with Crippen molar-refractivity contribution in [1.29, 1.82) is 0 Å². The van der Waals surface area contributed by atoms with Crippen molar-refractivity contribution >= 4 is 0 Å². The van der Waals surface area contributed by atoms with Crippen LogP contribution in [0.3, 0.4) is 0 Å². The first-order valence-electron chi connectivity index (χ1n) is 6.45. The van der Waals surface area contributed by atoms with E-state index in [1.807, 2.05) is 30.3 Å². The highest BCUT2D eigenvalue weighted by Crippen LogP contribution is 2.19. The van der Waals surface area contributed by atoms with E-state index in [0.29, 0.717) is 5.92 Å². The second-order valence-corrected chi connectivity index (χ2v) is 4.91. The zero-order chi connectivity index (χ0) is 12.1. The lowest BCUT2D eigenvalue weighted by Gasteiger charge is -2.32. The summed E-state index contributed by atoms with van der Waals surface area (Å²) in [6.07, 6.45) is 1.96. The van der Waals surface area contributed by atoms with Crippen molar-refractivity contribution in [1.82, 2.24) is 4.90 Å². The summed E-state index contributed by atoms with van der Waals surface area (Å²) in [7, 11) is 0. The molecule has 0 radical (unpaired) electrons. The average molecular weight is 234 g/mol. The fourth-order valence-corrected chi connectivity index (χ4v) is 2.43. The highest BCUT2D eigenvalue weighted by molar-refractivity contribution is 5.17. The molecule has 1 aliphatic rings. The van der Waals surface area contributed by atoms with Crippen LogP contribution in [-0.4, -0.2) is 36.2 Å². The van der Waals surface area contributed by atoms with E-state index < -0.39 is 0 Å². The second kappa shape index (κ2) is 6.15. The molecule has 3 nitrogen and oxygen atoms in total. The van der Waals surface area contributed by atoms with Crippen molar-refractivity contribution in [3.63, 3.8) is 0 Å². The van der Waals surface area contributed by atoms with Gasteiger partial charge < -0.3 is 15.7 Å². The van der Waals surface area contributed by atoms with Crippen LogP contribution in [0.2, 0.25) is 0 Å². The molecule has 1 unspecified atom stereocenters. The Morgan fingerprint density at radius 2 is 1.88 bits per heavy atom. The van der Waals surface area contributed by atoms with Crippen LogP contribution in [-0.2, 0) is 0 Å². The molecule has 0 bridgehead atoms. The molecule has 0 spiro atoms. The molecule has 1 aromatic rings. The van der Waals surface area contributed by atoms with Crippen LogP contribution in [0.4, 0.5) is 0 Å². The number of nitrogens with two attached hydrogens (primary N) is 1. The first kappa shape index (κ1) is 12.6. The van der Waals surface area contributed by atoms with E-state index in [4.69, 9.17) is 5.73 Å². The van der Waals surface area contributed by atoms with E-state index in [0.717, 1.165) is 44.6 Å². The topological polar surface area (TPSA) is 49.5 Å². The van der Waals surface area contributed by atoms with Gasteiger partial charge in [0.25, 0.3) is 0 Å². The van der Waals surface area contributed by atoms with Gasteiger partial charge in [0.2, 0.25) is 0 Å². The second-order valence-electron chi connectivity index (χ2n) is 4.91. The third kappa shape index (κ3) is 3.53. The van der Waals surface area contributed by atoms with Gasteiger partial charge in [0, 0.05) is 6.54 Å². The van der Waals surface area contributed by atoms with Gasteiger partial charge in [0.1, 0.15) is 0 Å². The molecule has 2 rings (SSSR count). The van der Waals surface area contributed by atoms with Crippen LogP contribution in [0.25, 0.3) is 0 Å². The van der Waals surface area contributed by atoms with Gasteiger partial charge in [-0.2, -0.15) is 0 Å². The van der Waals surface area contributed by atoms with E-state index in [1.54, 1.807) is 0 Å². The molecule has 1 atom stereocenters. The number of aliphatic hydroxyl groups excluding tert-OH is 1. The molecular formula is C14H22N2O. The quantitative estimate of drug-likeness (QED) is 0.827. The standard InChI is InChI=1S/C14H22N2O/c15-10-12-6-8-16(9-7-12)11-14(17)13-4-2-1-3-5-13/h1-5,12,14,17H,6-11,15H2. The zero-order valence-electron chi connectivity index (χ0n) is 10.3. The maximum absolute atomic E-state index is 10.1. The van der Waals surface area contributed by atoms with Gasteiger partial charge >= 0.3 is 0 Å². The highest BCUT2D eigenvalue weighted by Gasteiger charge is 2.20. The van der Waals surface area contributed by atoms with Crippen molar-refractivity contribution < 1.29 is 5.11 Å².